The molecule has 16 heavy (non-hydrogen) atoms. The normalized spacial score (nSPS) is 12.2. The lowest BCUT2D eigenvalue weighted by molar-refractivity contribution is 0.0950. The van der Waals surface area contributed by atoms with E-state index in [4.69, 9.17) is 0 Å². The van der Waals surface area contributed by atoms with Crippen LogP contribution in [0.4, 0.5) is 0 Å². The predicted octanol–water partition coefficient (Wildman–Crippen LogP) is 2.10. The van der Waals surface area contributed by atoms with Crippen molar-refractivity contribution >= 4 is 21.8 Å². The molecule has 0 saturated carbocycles. The number of benzene rings is 1. The highest BCUT2D eigenvalue weighted by Crippen LogP contribution is 2.18. The third-order valence-electron chi connectivity index (χ3n) is 2.43. The Labute approximate surface area is 105 Å². The Morgan fingerprint density at radius 2 is 2.19 bits per heavy atom. The number of halogens is 1. The average molecular weight is 285 g/mol. The predicted molar refractivity (Wildman–Crippen MR) is 69.7 cm³/mol. The largest absolute Gasteiger partial charge is 0.350 e. The molecule has 0 bridgehead atoms. The number of rotatable bonds is 4. The maximum Gasteiger partial charge on any atom is 0.252 e. The molecule has 1 unspecified atom stereocenters. The van der Waals surface area contributed by atoms with Crippen LogP contribution in [0.2, 0.25) is 0 Å². The summed E-state index contributed by atoms with van der Waals surface area (Å²) in [7, 11) is 1.87. The summed E-state index contributed by atoms with van der Waals surface area (Å²) in [5, 5.41) is 5.95. The second-order valence-corrected chi connectivity index (χ2v) is 4.74. The van der Waals surface area contributed by atoms with Crippen molar-refractivity contribution in [3.05, 3.63) is 33.8 Å². The van der Waals surface area contributed by atoms with Gasteiger partial charge in [0, 0.05) is 17.1 Å². The SMILES string of the molecule is CNC(C)CNC(=O)c1ccc(C)cc1Br. The highest BCUT2D eigenvalue weighted by Gasteiger charge is 2.10. The van der Waals surface area contributed by atoms with Gasteiger partial charge in [0.05, 0.1) is 5.56 Å². The number of amides is 1. The van der Waals surface area contributed by atoms with Crippen molar-refractivity contribution in [3.8, 4) is 0 Å². The lowest BCUT2D eigenvalue weighted by Gasteiger charge is -2.12. The highest BCUT2D eigenvalue weighted by molar-refractivity contribution is 9.10. The van der Waals surface area contributed by atoms with Crippen molar-refractivity contribution in [2.75, 3.05) is 13.6 Å². The summed E-state index contributed by atoms with van der Waals surface area (Å²) in [5.41, 5.74) is 1.81. The van der Waals surface area contributed by atoms with E-state index in [0.717, 1.165) is 10.0 Å². The number of carbonyl (C=O) groups is 1. The number of likely N-dealkylation sites (N-methyl/N-ethyl adjacent to an activating group) is 1. The van der Waals surface area contributed by atoms with E-state index in [1.807, 2.05) is 39.1 Å². The molecule has 2 N–H and O–H groups in total. The van der Waals surface area contributed by atoms with Crippen LogP contribution in [0.3, 0.4) is 0 Å². The molecule has 0 saturated heterocycles. The van der Waals surface area contributed by atoms with Crippen molar-refractivity contribution in [2.45, 2.75) is 19.9 Å². The van der Waals surface area contributed by atoms with Crippen molar-refractivity contribution in [1.82, 2.24) is 10.6 Å². The zero-order valence-corrected chi connectivity index (χ0v) is 11.4. The third kappa shape index (κ3) is 3.61. The molecule has 0 aromatic heterocycles. The van der Waals surface area contributed by atoms with Crippen molar-refractivity contribution in [2.24, 2.45) is 0 Å². The summed E-state index contributed by atoms with van der Waals surface area (Å²) in [4.78, 5) is 11.8. The molecule has 1 atom stereocenters. The topological polar surface area (TPSA) is 41.1 Å². The van der Waals surface area contributed by atoms with Crippen LogP contribution in [0, 0.1) is 6.92 Å². The van der Waals surface area contributed by atoms with Crippen LogP contribution < -0.4 is 10.6 Å². The van der Waals surface area contributed by atoms with Gasteiger partial charge in [-0.3, -0.25) is 4.79 Å². The van der Waals surface area contributed by atoms with Gasteiger partial charge in [-0.1, -0.05) is 6.07 Å². The van der Waals surface area contributed by atoms with Gasteiger partial charge in [0.1, 0.15) is 0 Å². The van der Waals surface area contributed by atoms with Crippen LogP contribution in [0.25, 0.3) is 0 Å². The van der Waals surface area contributed by atoms with Gasteiger partial charge in [-0.15, -0.1) is 0 Å². The first kappa shape index (κ1) is 13.2. The van der Waals surface area contributed by atoms with E-state index in [0.29, 0.717) is 12.1 Å². The van der Waals surface area contributed by atoms with Gasteiger partial charge in [0.25, 0.3) is 5.91 Å². The number of hydrogen-bond donors (Lipinski definition) is 2. The summed E-state index contributed by atoms with van der Waals surface area (Å²) >= 11 is 3.40. The first-order valence-electron chi connectivity index (χ1n) is 5.26. The molecule has 0 heterocycles. The quantitative estimate of drug-likeness (QED) is 0.889. The fourth-order valence-corrected chi connectivity index (χ4v) is 1.92. The van der Waals surface area contributed by atoms with E-state index >= 15 is 0 Å². The van der Waals surface area contributed by atoms with E-state index in [2.05, 4.69) is 26.6 Å². The van der Waals surface area contributed by atoms with Crippen LogP contribution in [-0.4, -0.2) is 25.5 Å². The zero-order chi connectivity index (χ0) is 12.1. The fraction of sp³-hybridized carbons (Fsp3) is 0.417. The molecule has 0 radical (unpaired) electrons. The van der Waals surface area contributed by atoms with E-state index in [-0.39, 0.29) is 11.9 Å². The Morgan fingerprint density at radius 1 is 1.50 bits per heavy atom. The average Bonchev–Trinajstić information content (AvgIpc) is 2.25. The molecule has 1 rings (SSSR count). The minimum Gasteiger partial charge on any atom is -0.350 e. The Morgan fingerprint density at radius 3 is 2.75 bits per heavy atom. The van der Waals surface area contributed by atoms with Crippen LogP contribution >= 0.6 is 15.9 Å². The Hall–Kier alpha value is -0.870. The molecule has 0 fully saturated rings. The van der Waals surface area contributed by atoms with Gasteiger partial charge in [-0.25, -0.2) is 0 Å². The summed E-state index contributed by atoms with van der Waals surface area (Å²) in [6, 6.07) is 5.98. The summed E-state index contributed by atoms with van der Waals surface area (Å²) in [6.45, 7) is 4.63. The second-order valence-electron chi connectivity index (χ2n) is 3.88. The maximum absolute atomic E-state index is 11.8. The fourth-order valence-electron chi connectivity index (χ4n) is 1.25. The molecule has 88 valence electrons. The molecule has 1 amide bonds. The number of carbonyl (C=O) groups excluding carboxylic acids is 1. The van der Waals surface area contributed by atoms with E-state index in [9.17, 15) is 4.79 Å². The molecule has 0 spiro atoms. The minimum absolute atomic E-state index is 0.0472. The molecule has 3 nitrogen and oxygen atoms in total. The summed E-state index contributed by atoms with van der Waals surface area (Å²) in [5.74, 6) is -0.0472. The number of hydrogen-bond acceptors (Lipinski definition) is 2. The van der Waals surface area contributed by atoms with Gasteiger partial charge in [-0.2, -0.15) is 0 Å². The Kier molecular flexibility index (Phi) is 4.96. The number of nitrogens with one attached hydrogen (secondary N) is 2. The maximum atomic E-state index is 11.8. The second kappa shape index (κ2) is 6.01. The molecule has 0 aliphatic heterocycles. The van der Waals surface area contributed by atoms with E-state index in [1.165, 1.54) is 0 Å². The smallest absolute Gasteiger partial charge is 0.252 e. The zero-order valence-electron chi connectivity index (χ0n) is 9.80. The Bertz CT molecular complexity index is 379. The number of aryl methyl sites for hydroxylation is 1. The Balaban J connectivity index is 2.66. The van der Waals surface area contributed by atoms with Crippen molar-refractivity contribution in [3.63, 3.8) is 0 Å². The molecule has 4 heteroatoms. The minimum atomic E-state index is -0.0472. The van der Waals surface area contributed by atoms with Crippen LogP contribution in [0.1, 0.15) is 22.8 Å². The first-order valence-corrected chi connectivity index (χ1v) is 6.05. The lowest BCUT2D eigenvalue weighted by atomic mass is 10.1. The molecule has 0 aliphatic rings. The van der Waals surface area contributed by atoms with Gasteiger partial charge < -0.3 is 10.6 Å². The van der Waals surface area contributed by atoms with Crippen molar-refractivity contribution < 1.29 is 4.79 Å². The molecular weight excluding hydrogens is 268 g/mol. The van der Waals surface area contributed by atoms with Crippen LogP contribution in [0.15, 0.2) is 22.7 Å². The monoisotopic (exact) mass is 284 g/mol. The first-order chi connectivity index (χ1) is 7.54. The van der Waals surface area contributed by atoms with Crippen LogP contribution in [0.5, 0.6) is 0 Å². The van der Waals surface area contributed by atoms with Gasteiger partial charge in [-0.05, 0) is 54.5 Å². The third-order valence-corrected chi connectivity index (χ3v) is 3.09. The van der Waals surface area contributed by atoms with Crippen molar-refractivity contribution in [1.29, 1.82) is 0 Å². The molecular formula is C12H17BrN2O. The summed E-state index contributed by atoms with van der Waals surface area (Å²) < 4.78 is 0.835. The molecule has 1 aromatic carbocycles. The van der Waals surface area contributed by atoms with Crippen LogP contribution in [-0.2, 0) is 0 Å². The highest BCUT2D eigenvalue weighted by atomic mass is 79.9. The van der Waals surface area contributed by atoms with Gasteiger partial charge >= 0.3 is 0 Å². The van der Waals surface area contributed by atoms with E-state index < -0.39 is 0 Å². The van der Waals surface area contributed by atoms with E-state index in [1.54, 1.807) is 0 Å². The standard InChI is InChI=1S/C12H17BrN2O/c1-8-4-5-10(11(13)6-8)12(16)15-7-9(2)14-3/h4-6,9,14H,7H2,1-3H3,(H,15,16). The lowest BCUT2D eigenvalue weighted by Crippen LogP contribution is -2.37. The van der Waals surface area contributed by atoms with Gasteiger partial charge in [0.2, 0.25) is 0 Å². The van der Waals surface area contributed by atoms with Gasteiger partial charge in [0.15, 0.2) is 0 Å². The summed E-state index contributed by atoms with van der Waals surface area (Å²) in [6.07, 6.45) is 0. The molecule has 1 aromatic rings. The molecule has 0 aliphatic carbocycles.